The smallest absolute Gasteiger partial charge is 0.361 e. The van der Waals surface area contributed by atoms with E-state index in [4.69, 9.17) is 15.9 Å². The van der Waals surface area contributed by atoms with E-state index in [1.807, 2.05) is 13.0 Å². The van der Waals surface area contributed by atoms with Gasteiger partial charge in [0.15, 0.2) is 0 Å². The topological polar surface area (TPSA) is 82.2 Å². The molecule has 1 aromatic carbocycles. The molecule has 0 unspecified atom stereocenters. The van der Waals surface area contributed by atoms with Gasteiger partial charge in [0.05, 0.1) is 5.69 Å². The summed E-state index contributed by atoms with van der Waals surface area (Å²) in [5.74, 6) is 0. The van der Waals surface area contributed by atoms with Gasteiger partial charge < -0.3 is 15.9 Å². The third-order valence-electron chi connectivity index (χ3n) is 2.14. The highest BCUT2D eigenvalue weighted by Crippen LogP contribution is 2.23. The molecule has 14 heavy (non-hydrogen) atoms. The SMILES string of the molecule is Cc1ccc2c(N)c(N)c(=O)oc2c1. The summed E-state index contributed by atoms with van der Waals surface area (Å²) in [5.41, 5.74) is 12.3. The molecule has 4 nitrogen and oxygen atoms in total. The molecule has 2 aromatic rings. The van der Waals surface area contributed by atoms with Gasteiger partial charge in [0, 0.05) is 5.39 Å². The quantitative estimate of drug-likeness (QED) is 0.613. The lowest BCUT2D eigenvalue weighted by atomic mass is 10.1. The fourth-order valence-electron chi connectivity index (χ4n) is 1.35. The number of aryl methyl sites for hydroxylation is 1. The van der Waals surface area contributed by atoms with Crippen LogP contribution in [0.25, 0.3) is 11.0 Å². The summed E-state index contributed by atoms with van der Waals surface area (Å²) < 4.78 is 4.99. The molecule has 0 atom stereocenters. The first-order chi connectivity index (χ1) is 6.59. The average molecular weight is 190 g/mol. The Morgan fingerprint density at radius 2 is 1.93 bits per heavy atom. The minimum Gasteiger partial charge on any atom is -0.421 e. The van der Waals surface area contributed by atoms with Gasteiger partial charge in [0.1, 0.15) is 11.3 Å². The lowest BCUT2D eigenvalue weighted by Crippen LogP contribution is -2.10. The normalized spacial score (nSPS) is 10.6. The molecule has 0 saturated heterocycles. The maximum atomic E-state index is 11.2. The monoisotopic (exact) mass is 190 g/mol. The molecule has 0 bridgehead atoms. The molecule has 0 radical (unpaired) electrons. The predicted molar refractivity (Wildman–Crippen MR) is 56.0 cm³/mol. The maximum absolute atomic E-state index is 11.2. The molecule has 0 spiro atoms. The van der Waals surface area contributed by atoms with Crippen molar-refractivity contribution in [1.82, 2.24) is 0 Å². The van der Waals surface area contributed by atoms with E-state index < -0.39 is 5.63 Å². The van der Waals surface area contributed by atoms with Crippen molar-refractivity contribution in [3.8, 4) is 0 Å². The minimum atomic E-state index is -0.583. The number of fused-ring (bicyclic) bond motifs is 1. The zero-order valence-corrected chi connectivity index (χ0v) is 7.70. The van der Waals surface area contributed by atoms with Crippen molar-refractivity contribution in [1.29, 1.82) is 0 Å². The van der Waals surface area contributed by atoms with Gasteiger partial charge >= 0.3 is 5.63 Å². The van der Waals surface area contributed by atoms with Crippen molar-refractivity contribution in [2.75, 3.05) is 11.5 Å². The summed E-state index contributed by atoms with van der Waals surface area (Å²) in [4.78, 5) is 11.2. The van der Waals surface area contributed by atoms with Crippen molar-refractivity contribution in [3.63, 3.8) is 0 Å². The molecule has 0 saturated carbocycles. The Kier molecular flexibility index (Phi) is 1.70. The van der Waals surface area contributed by atoms with Gasteiger partial charge in [-0.1, -0.05) is 6.07 Å². The van der Waals surface area contributed by atoms with Crippen molar-refractivity contribution in [3.05, 3.63) is 34.2 Å². The van der Waals surface area contributed by atoms with E-state index in [1.165, 1.54) is 0 Å². The summed E-state index contributed by atoms with van der Waals surface area (Å²) in [6.07, 6.45) is 0. The number of hydrogen-bond donors (Lipinski definition) is 2. The Balaban J connectivity index is 2.98. The average Bonchev–Trinajstić information content (AvgIpc) is 2.14. The number of anilines is 2. The molecule has 0 aliphatic carbocycles. The van der Waals surface area contributed by atoms with Gasteiger partial charge in [-0.05, 0) is 24.6 Å². The van der Waals surface area contributed by atoms with Crippen molar-refractivity contribution in [2.24, 2.45) is 0 Å². The fourth-order valence-corrected chi connectivity index (χ4v) is 1.35. The van der Waals surface area contributed by atoms with Gasteiger partial charge in [0.2, 0.25) is 0 Å². The lowest BCUT2D eigenvalue weighted by molar-refractivity contribution is 0.564. The Morgan fingerprint density at radius 3 is 2.64 bits per heavy atom. The van der Waals surface area contributed by atoms with Crippen LogP contribution in [-0.2, 0) is 0 Å². The molecule has 0 amide bonds. The number of nitrogens with two attached hydrogens (primary N) is 2. The van der Waals surface area contributed by atoms with Crippen LogP contribution in [0.4, 0.5) is 11.4 Å². The van der Waals surface area contributed by atoms with Crippen LogP contribution in [0.5, 0.6) is 0 Å². The Labute approximate surface area is 80.1 Å². The maximum Gasteiger partial charge on any atom is 0.361 e. The van der Waals surface area contributed by atoms with Crippen LogP contribution < -0.4 is 17.1 Å². The molecular weight excluding hydrogens is 180 g/mol. The van der Waals surface area contributed by atoms with Crippen LogP contribution in [0.3, 0.4) is 0 Å². The summed E-state index contributed by atoms with van der Waals surface area (Å²) in [5, 5.41) is 0.674. The Hall–Kier alpha value is -1.97. The summed E-state index contributed by atoms with van der Waals surface area (Å²) in [6.45, 7) is 1.91. The second-order valence-corrected chi connectivity index (χ2v) is 3.22. The molecule has 0 fully saturated rings. The van der Waals surface area contributed by atoms with Crippen LogP contribution >= 0.6 is 0 Å². The first kappa shape index (κ1) is 8.62. The second kappa shape index (κ2) is 2.77. The van der Waals surface area contributed by atoms with Crippen LogP contribution in [0.15, 0.2) is 27.4 Å². The molecule has 0 aliphatic heterocycles. The van der Waals surface area contributed by atoms with Crippen molar-refractivity contribution in [2.45, 2.75) is 6.92 Å². The molecule has 4 heteroatoms. The molecule has 1 heterocycles. The lowest BCUT2D eigenvalue weighted by Gasteiger charge is -2.03. The Morgan fingerprint density at radius 1 is 1.21 bits per heavy atom. The number of hydrogen-bond acceptors (Lipinski definition) is 4. The zero-order chi connectivity index (χ0) is 10.3. The number of benzene rings is 1. The largest absolute Gasteiger partial charge is 0.421 e. The van der Waals surface area contributed by atoms with E-state index in [0.29, 0.717) is 11.0 Å². The highest BCUT2D eigenvalue weighted by molar-refractivity contribution is 5.94. The third kappa shape index (κ3) is 1.12. The van der Waals surface area contributed by atoms with Crippen LogP contribution in [0.2, 0.25) is 0 Å². The predicted octanol–water partition coefficient (Wildman–Crippen LogP) is 1.27. The first-order valence-corrected chi connectivity index (χ1v) is 4.18. The summed E-state index contributed by atoms with van der Waals surface area (Å²) >= 11 is 0. The van der Waals surface area contributed by atoms with E-state index in [9.17, 15) is 4.79 Å². The Bertz CT molecular complexity index is 558. The molecule has 1 aromatic heterocycles. The van der Waals surface area contributed by atoms with Crippen molar-refractivity contribution < 1.29 is 4.42 Å². The number of rotatable bonds is 0. The van der Waals surface area contributed by atoms with Crippen LogP contribution in [0.1, 0.15) is 5.56 Å². The van der Waals surface area contributed by atoms with Crippen molar-refractivity contribution >= 4 is 22.3 Å². The van der Waals surface area contributed by atoms with Gasteiger partial charge in [-0.3, -0.25) is 0 Å². The molecule has 72 valence electrons. The highest BCUT2D eigenvalue weighted by Gasteiger charge is 2.08. The molecule has 0 aliphatic rings. The van der Waals surface area contributed by atoms with Gasteiger partial charge in [-0.15, -0.1) is 0 Å². The van der Waals surface area contributed by atoms with E-state index >= 15 is 0 Å². The minimum absolute atomic E-state index is 0.0265. The third-order valence-corrected chi connectivity index (χ3v) is 2.14. The van der Waals surface area contributed by atoms with Gasteiger partial charge in [-0.2, -0.15) is 0 Å². The molecular formula is C10H10N2O2. The standard InChI is InChI=1S/C10H10N2O2/c1-5-2-3-6-7(4-5)14-10(13)9(12)8(6)11/h2-4H,11-12H2,1H3. The first-order valence-electron chi connectivity index (χ1n) is 4.18. The molecule has 2 rings (SSSR count). The highest BCUT2D eigenvalue weighted by atomic mass is 16.4. The molecule has 4 N–H and O–H groups in total. The van der Waals surface area contributed by atoms with Crippen LogP contribution in [0, 0.1) is 6.92 Å². The van der Waals surface area contributed by atoms with Gasteiger partial charge in [0.25, 0.3) is 0 Å². The van der Waals surface area contributed by atoms with E-state index in [0.717, 1.165) is 5.56 Å². The van der Waals surface area contributed by atoms with Crippen LogP contribution in [-0.4, -0.2) is 0 Å². The second-order valence-electron chi connectivity index (χ2n) is 3.22. The fraction of sp³-hybridized carbons (Fsp3) is 0.100. The van der Waals surface area contributed by atoms with E-state index in [2.05, 4.69) is 0 Å². The van der Waals surface area contributed by atoms with E-state index in [-0.39, 0.29) is 11.4 Å². The zero-order valence-electron chi connectivity index (χ0n) is 7.70. The number of nitrogen functional groups attached to an aromatic ring is 2. The van der Waals surface area contributed by atoms with Gasteiger partial charge in [-0.25, -0.2) is 4.79 Å². The summed E-state index contributed by atoms with van der Waals surface area (Å²) in [6, 6.07) is 5.43. The summed E-state index contributed by atoms with van der Waals surface area (Å²) in [7, 11) is 0. The van der Waals surface area contributed by atoms with E-state index in [1.54, 1.807) is 12.1 Å².